The summed E-state index contributed by atoms with van der Waals surface area (Å²) in [6, 6.07) is 11.7. The van der Waals surface area contributed by atoms with Crippen molar-refractivity contribution in [3.63, 3.8) is 0 Å². The second-order valence-corrected chi connectivity index (χ2v) is 6.46. The van der Waals surface area contributed by atoms with Crippen molar-refractivity contribution < 1.29 is 4.39 Å². The Morgan fingerprint density at radius 1 is 1.36 bits per heavy atom. The molecule has 0 spiro atoms. The first-order valence-corrected chi connectivity index (χ1v) is 8.83. The molecule has 0 aliphatic carbocycles. The summed E-state index contributed by atoms with van der Waals surface area (Å²) in [4.78, 5) is 1.74. The highest BCUT2D eigenvalue weighted by atomic mass is 19.1. The molecule has 3 N–H and O–H groups in total. The first-order valence-electron chi connectivity index (χ1n) is 8.83. The maximum Gasteiger partial charge on any atom is 0.141 e. The van der Waals surface area contributed by atoms with Crippen LogP contribution in [0.1, 0.15) is 24.5 Å². The zero-order valence-electron chi connectivity index (χ0n) is 15.8. The van der Waals surface area contributed by atoms with Crippen molar-refractivity contribution in [3.8, 4) is 6.07 Å². The highest BCUT2D eigenvalue weighted by Crippen LogP contribution is 2.27. The molecule has 0 bridgehead atoms. The lowest BCUT2D eigenvalue weighted by molar-refractivity contribution is 0.623. The molecular formula is C21H21FN6. The third kappa shape index (κ3) is 3.77. The fourth-order valence-corrected chi connectivity index (χ4v) is 3.05. The van der Waals surface area contributed by atoms with Crippen LogP contribution in [0.4, 0.5) is 10.1 Å². The lowest BCUT2D eigenvalue weighted by Crippen LogP contribution is -2.29. The first-order chi connectivity index (χ1) is 13.4. The minimum atomic E-state index is -0.643. The molecular weight excluding hydrogens is 355 g/mol. The van der Waals surface area contributed by atoms with Crippen LogP contribution in [0.3, 0.4) is 0 Å². The van der Waals surface area contributed by atoms with Crippen LogP contribution in [0.15, 0.2) is 54.4 Å². The average molecular weight is 376 g/mol. The van der Waals surface area contributed by atoms with E-state index in [1.54, 1.807) is 21.7 Å². The van der Waals surface area contributed by atoms with Crippen LogP contribution in [0.2, 0.25) is 0 Å². The lowest BCUT2D eigenvalue weighted by Gasteiger charge is -2.26. The number of halogens is 1. The highest BCUT2D eigenvalue weighted by molar-refractivity contribution is 6.10. The normalized spacial score (nSPS) is 11.5. The maximum absolute atomic E-state index is 14.1. The molecule has 3 rings (SSSR count). The quantitative estimate of drug-likeness (QED) is 0.525. The van der Waals surface area contributed by atoms with Crippen molar-refractivity contribution >= 4 is 22.4 Å². The van der Waals surface area contributed by atoms with Crippen molar-refractivity contribution in [2.45, 2.75) is 13.3 Å². The summed E-state index contributed by atoms with van der Waals surface area (Å²) in [5.41, 5.74) is 8.38. The van der Waals surface area contributed by atoms with Gasteiger partial charge in [0.1, 0.15) is 17.7 Å². The van der Waals surface area contributed by atoms with E-state index >= 15 is 0 Å². The lowest BCUT2D eigenvalue weighted by atomic mass is 10.1. The summed E-state index contributed by atoms with van der Waals surface area (Å²) in [5, 5.41) is 23.0. The Morgan fingerprint density at radius 2 is 2.14 bits per heavy atom. The molecule has 1 heterocycles. The fourth-order valence-electron chi connectivity index (χ4n) is 3.05. The summed E-state index contributed by atoms with van der Waals surface area (Å²) < 4.78 is 15.8. The van der Waals surface area contributed by atoms with Gasteiger partial charge in [-0.2, -0.15) is 10.4 Å². The van der Waals surface area contributed by atoms with Gasteiger partial charge in [-0.05, 0) is 56.3 Å². The summed E-state index contributed by atoms with van der Waals surface area (Å²) in [5.74, 6) is -0.534. The minimum Gasteiger partial charge on any atom is -0.330 e. The topological polar surface area (TPSA) is 94.7 Å². The van der Waals surface area contributed by atoms with Crippen LogP contribution in [0.5, 0.6) is 0 Å². The molecule has 0 saturated heterocycles. The fraction of sp³-hybridized carbons (Fsp3) is 0.190. The van der Waals surface area contributed by atoms with Crippen molar-refractivity contribution in [1.82, 2.24) is 9.78 Å². The van der Waals surface area contributed by atoms with E-state index in [0.29, 0.717) is 18.5 Å². The molecule has 2 aromatic carbocycles. The van der Waals surface area contributed by atoms with Crippen LogP contribution in [-0.4, -0.2) is 22.2 Å². The van der Waals surface area contributed by atoms with E-state index < -0.39 is 5.82 Å². The molecule has 142 valence electrons. The average Bonchev–Trinajstić information content (AvgIpc) is 3.05. The van der Waals surface area contributed by atoms with Gasteiger partial charge in [0.2, 0.25) is 0 Å². The number of amidine groups is 1. The standard InChI is InChI=1S/C21H21FN6/c1-14(4-3-9-23)28(18-7-8-20-17(10-18)13-27(2)26-20)21(25)15-5-6-16(12-24)19(22)11-15/h4-8,10-11,13,25H,3,9,23H2,1-2H3/b14-4+,25-21?. The molecule has 0 unspecified atom stereocenters. The Labute approximate surface area is 162 Å². The van der Waals surface area contributed by atoms with Gasteiger partial charge in [-0.25, -0.2) is 4.39 Å². The van der Waals surface area contributed by atoms with Crippen LogP contribution in [-0.2, 0) is 7.05 Å². The summed E-state index contributed by atoms with van der Waals surface area (Å²) in [7, 11) is 1.85. The smallest absolute Gasteiger partial charge is 0.141 e. The van der Waals surface area contributed by atoms with Crippen LogP contribution < -0.4 is 10.6 Å². The predicted octanol–water partition coefficient (Wildman–Crippen LogP) is 3.67. The van der Waals surface area contributed by atoms with Gasteiger partial charge in [-0.3, -0.25) is 15.0 Å². The number of nitrogens with one attached hydrogen (secondary N) is 1. The van der Waals surface area contributed by atoms with Crippen LogP contribution >= 0.6 is 0 Å². The Hall–Kier alpha value is -3.50. The van der Waals surface area contributed by atoms with Gasteiger partial charge >= 0.3 is 0 Å². The molecule has 0 fully saturated rings. The molecule has 3 aromatic rings. The molecule has 0 atom stereocenters. The predicted molar refractivity (Wildman–Crippen MR) is 109 cm³/mol. The molecule has 6 nitrogen and oxygen atoms in total. The highest BCUT2D eigenvalue weighted by Gasteiger charge is 2.18. The van der Waals surface area contributed by atoms with E-state index in [4.69, 9.17) is 16.4 Å². The Kier molecular flexibility index (Phi) is 5.52. The number of nitrogens with two attached hydrogens (primary N) is 1. The summed E-state index contributed by atoms with van der Waals surface area (Å²) in [6.45, 7) is 2.38. The number of benzene rings is 2. The monoisotopic (exact) mass is 376 g/mol. The second-order valence-electron chi connectivity index (χ2n) is 6.46. The van der Waals surface area contributed by atoms with Gasteiger partial charge in [0, 0.05) is 35.6 Å². The van der Waals surface area contributed by atoms with Gasteiger partial charge in [-0.1, -0.05) is 6.08 Å². The van der Waals surface area contributed by atoms with Gasteiger partial charge in [-0.15, -0.1) is 0 Å². The van der Waals surface area contributed by atoms with Crippen molar-refractivity contribution in [2.24, 2.45) is 12.8 Å². The van der Waals surface area contributed by atoms with Gasteiger partial charge in [0.15, 0.2) is 0 Å². The Morgan fingerprint density at radius 3 is 2.82 bits per heavy atom. The third-order valence-corrected chi connectivity index (χ3v) is 4.41. The number of anilines is 1. The number of rotatable bonds is 5. The molecule has 1 aromatic heterocycles. The number of nitrogens with zero attached hydrogens (tertiary/aromatic N) is 4. The van der Waals surface area contributed by atoms with E-state index in [9.17, 15) is 4.39 Å². The molecule has 28 heavy (non-hydrogen) atoms. The number of hydrogen-bond donors (Lipinski definition) is 2. The van der Waals surface area contributed by atoms with Crippen molar-refractivity contribution in [1.29, 1.82) is 10.7 Å². The maximum atomic E-state index is 14.1. The Balaban J connectivity index is 2.08. The van der Waals surface area contributed by atoms with Crippen molar-refractivity contribution in [2.75, 3.05) is 11.4 Å². The zero-order valence-corrected chi connectivity index (χ0v) is 15.8. The number of allylic oxidation sites excluding steroid dienone is 1. The summed E-state index contributed by atoms with van der Waals surface area (Å²) >= 11 is 0. The van der Waals surface area contributed by atoms with Gasteiger partial charge in [0.25, 0.3) is 0 Å². The number of aromatic nitrogens is 2. The van der Waals surface area contributed by atoms with Gasteiger partial charge < -0.3 is 5.73 Å². The van der Waals surface area contributed by atoms with Gasteiger partial charge in [0.05, 0.1) is 11.1 Å². The SMILES string of the molecule is C/C(=C\CCN)N(C(=N)c1ccc(C#N)c(F)c1)c1ccc2nn(C)cc2c1. The molecule has 7 heteroatoms. The van der Waals surface area contributed by atoms with Crippen LogP contribution in [0.25, 0.3) is 10.9 Å². The Bertz CT molecular complexity index is 1110. The van der Waals surface area contributed by atoms with E-state index in [1.807, 2.05) is 44.4 Å². The largest absolute Gasteiger partial charge is 0.330 e. The first kappa shape index (κ1) is 19.3. The molecule has 0 aliphatic rings. The second kappa shape index (κ2) is 8.03. The zero-order chi connectivity index (χ0) is 20.3. The third-order valence-electron chi connectivity index (χ3n) is 4.41. The number of nitriles is 1. The minimum absolute atomic E-state index is 0.0460. The summed E-state index contributed by atoms with van der Waals surface area (Å²) in [6.07, 6.45) is 4.51. The number of aryl methyl sites for hydroxylation is 1. The van der Waals surface area contributed by atoms with E-state index in [1.165, 1.54) is 12.1 Å². The molecule has 0 aliphatic heterocycles. The molecule has 0 radical (unpaired) electrons. The van der Waals surface area contributed by atoms with E-state index in [-0.39, 0.29) is 11.4 Å². The van der Waals surface area contributed by atoms with E-state index in [0.717, 1.165) is 22.3 Å². The van der Waals surface area contributed by atoms with Crippen LogP contribution in [0, 0.1) is 22.6 Å². The van der Waals surface area contributed by atoms with E-state index in [2.05, 4.69) is 5.10 Å². The molecule has 0 amide bonds. The van der Waals surface area contributed by atoms with Crippen molar-refractivity contribution in [3.05, 3.63) is 71.3 Å². The number of hydrogen-bond acceptors (Lipinski definition) is 4. The molecule has 0 saturated carbocycles. The number of fused-ring (bicyclic) bond motifs is 1.